The summed E-state index contributed by atoms with van der Waals surface area (Å²) in [7, 11) is 0. The van der Waals surface area contributed by atoms with E-state index in [-0.39, 0.29) is 12.1 Å². The molecule has 2 aliphatic rings. The molecular weight excluding hydrogens is 242 g/mol. The first-order chi connectivity index (χ1) is 9.24. The standard InChI is InChI=1S/C14H25N3O2/c1-12(18)15-8-11-17-9-5-13(6-10-17)19-14-4-2-3-7-16-14/h7,13-14H,2-6,8-11H2,1H3,(H,15,18). The Bertz CT molecular complexity index is 312. The number of hydrogen-bond donors (Lipinski definition) is 1. The Morgan fingerprint density at radius 3 is 2.84 bits per heavy atom. The summed E-state index contributed by atoms with van der Waals surface area (Å²) in [4.78, 5) is 17.6. The lowest BCUT2D eigenvalue weighted by Crippen LogP contribution is -2.42. The minimum atomic E-state index is 0.0494. The molecule has 5 nitrogen and oxygen atoms in total. The first kappa shape index (κ1) is 14.5. The van der Waals surface area contributed by atoms with Gasteiger partial charge in [-0.1, -0.05) is 0 Å². The van der Waals surface area contributed by atoms with Crippen molar-refractivity contribution < 1.29 is 9.53 Å². The number of hydrogen-bond acceptors (Lipinski definition) is 4. The monoisotopic (exact) mass is 267 g/mol. The minimum Gasteiger partial charge on any atom is -0.355 e. The Balaban J connectivity index is 1.60. The third-order valence-electron chi connectivity index (χ3n) is 3.74. The SMILES string of the molecule is CC(=O)NCCN1CCC(OC2CCCC=N2)CC1. The van der Waals surface area contributed by atoms with E-state index in [4.69, 9.17) is 4.74 Å². The maximum absolute atomic E-state index is 10.8. The van der Waals surface area contributed by atoms with Gasteiger partial charge in [0.15, 0.2) is 0 Å². The molecular formula is C14H25N3O2. The van der Waals surface area contributed by atoms with Crippen molar-refractivity contribution in [1.82, 2.24) is 10.2 Å². The second kappa shape index (κ2) is 7.60. The van der Waals surface area contributed by atoms with Gasteiger partial charge in [0, 0.05) is 39.3 Å². The van der Waals surface area contributed by atoms with Crippen molar-refractivity contribution in [3.05, 3.63) is 0 Å². The molecule has 1 fully saturated rings. The Hall–Kier alpha value is -0.940. The number of nitrogens with one attached hydrogen (secondary N) is 1. The summed E-state index contributed by atoms with van der Waals surface area (Å²) in [5.41, 5.74) is 0. The average Bonchev–Trinajstić information content (AvgIpc) is 2.42. The highest BCUT2D eigenvalue weighted by Gasteiger charge is 2.22. The highest BCUT2D eigenvalue weighted by atomic mass is 16.5. The fraction of sp³-hybridized carbons (Fsp3) is 0.857. The highest BCUT2D eigenvalue weighted by molar-refractivity contribution is 5.72. The van der Waals surface area contributed by atoms with E-state index in [2.05, 4.69) is 15.2 Å². The molecule has 2 aliphatic heterocycles. The van der Waals surface area contributed by atoms with Gasteiger partial charge >= 0.3 is 0 Å². The Morgan fingerprint density at radius 2 is 2.21 bits per heavy atom. The van der Waals surface area contributed by atoms with Crippen LogP contribution in [0.1, 0.15) is 39.0 Å². The quantitative estimate of drug-likeness (QED) is 0.814. The summed E-state index contributed by atoms with van der Waals surface area (Å²) in [6.45, 7) is 5.35. The van der Waals surface area contributed by atoms with E-state index in [0.29, 0.717) is 6.10 Å². The molecule has 0 aromatic rings. The van der Waals surface area contributed by atoms with Crippen molar-refractivity contribution in [3.63, 3.8) is 0 Å². The smallest absolute Gasteiger partial charge is 0.216 e. The van der Waals surface area contributed by atoms with Crippen LogP contribution in [0.15, 0.2) is 4.99 Å². The zero-order valence-electron chi connectivity index (χ0n) is 11.8. The normalized spacial score (nSPS) is 25.4. The highest BCUT2D eigenvalue weighted by Crippen LogP contribution is 2.19. The lowest BCUT2D eigenvalue weighted by Gasteiger charge is -2.33. The summed E-state index contributed by atoms with van der Waals surface area (Å²) in [6.07, 6.45) is 7.97. The first-order valence-corrected chi connectivity index (χ1v) is 7.38. The Morgan fingerprint density at radius 1 is 1.42 bits per heavy atom. The lowest BCUT2D eigenvalue weighted by atomic mass is 10.1. The van der Waals surface area contributed by atoms with Crippen LogP contribution >= 0.6 is 0 Å². The van der Waals surface area contributed by atoms with E-state index < -0.39 is 0 Å². The van der Waals surface area contributed by atoms with Crippen LogP contribution in [0.3, 0.4) is 0 Å². The van der Waals surface area contributed by atoms with Gasteiger partial charge in [0.25, 0.3) is 0 Å². The molecule has 1 unspecified atom stereocenters. The summed E-state index contributed by atoms with van der Waals surface area (Å²) in [6, 6.07) is 0. The van der Waals surface area contributed by atoms with Crippen molar-refractivity contribution >= 4 is 12.1 Å². The Labute approximate surface area is 115 Å². The summed E-state index contributed by atoms with van der Waals surface area (Å²) in [5.74, 6) is 0.0494. The van der Waals surface area contributed by atoms with E-state index in [1.165, 1.54) is 6.42 Å². The average molecular weight is 267 g/mol. The van der Waals surface area contributed by atoms with E-state index in [1.54, 1.807) is 6.92 Å². The molecule has 0 bridgehead atoms. The van der Waals surface area contributed by atoms with Crippen molar-refractivity contribution in [2.24, 2.45) is 4.99 Å². The molecule has 1 amide bonds. The first-order valence-electron chi connectivity index (χ1n) is 7.38. The van der Waals surface area contributed by atoms with Crippen molar-refractivity contribution in [3.8, 4) is 0 Å². The van der Waals surface area contributed by atoms with Crippen LogP contribution in [0, 0.1) is 0 Å². The molecule has 0 aromatic carbocycles. The third kappa shape index (κ3) is 5.28. The van der Waals surface area contributed by atoms with Crippen LogP contribution in [-0.4, -0.2) is 55.5 Å². The fourth-order valence-corrected chi connectivity index (χ4v) is 2.63. The predicted molar refractivity (Wildman–Crippen MR) is 75.4 cm³/mol. The van der Waals surface area contributed by atoms with Crippen LogP contribution in [0.25, 0.3) is 0 Å². The molecule has 0 saturated carbocycles. The minimum absolute atomic E-state index is 0.0494. The van der Waals surface area contributed by atoms with Gasteiger partial charge in [0.2, 0.25) is 5.91 Å². The topological polar surface area (TPSA) is 53.9 Å². The zero-order valence-corrected chi connectivity index (χ0v) is 11.8. The van der Waals surface area contributed by atoms with E-state index in [9.17, 15) is 4.79 Å². The molecule has 2 heterocycles. The van der Waals surface area contributed by atoms with Gasteiger partial charge in [-0.3, -0.25) is 9.79 Å². The van der Waals surface area contributed by atoms with Crippen LogP contribution in [0.5, 0.6) is 0 Å². The van der Waals surface area contributed by atoms with Gasteiger partial charge in [-0.2, -0.15) is 0 Å². The van der Waals surface area contributed by atoms with E-state index in [0.717, 1.165) is 51.9 Å². The van der Waals surface area contributed by atoms with Crippen LogP contribution in [-0.2, 0) is 9.53 Å². The van der Waals surface area contributed by atoms with Crippen molar-refractivity contribution in [2.75, 3.05) is 26.2 Å². The number of carbonyl (C=O) groups excluding carboxylic acids is 1. The van der Waals surface area contributed by atoms with E-state index >= 15 is 0 Å². The zero-order chi connectivity index (χ0) is 13.5. The number of ether oxygens (including phenoxy) is 1. The van der Waals surface area contributed by atoms with Gasteiger partial charge < -0.3 is 15.0 Å². The molecule has 108 valence electrons. The molecule has 1 atom stereocenters. The second-order valence-electron chi connectivity index (χ2n) is 5.38. The molecule has 0 aromatic heterocycles. The Kier molecular flexibility index (Phi) is 5.79. The summed E-state index contributed by atoms with van der Waals surface area (Å²) in [5, 5.41) is 2.84. The third-order valence-corrected chi connectivity index (χ3v) is 3.74. The number of nitrogens with zero attached hydrogens (tertiary/aromatic N) is 2. The van der Waals surface area contributed by atoms with Crippen LogP contribution in [0.2, 0.25) is 0 Å². The molecule has 0 radical (unpaired) electrons. The lowest BCUT2D eigenvalue weighted by molar-refractivity contribution is -0.119. The van der Waals surface area contributed by atoms with Crippen LogP contribution in [0.4, 0.5) is 0 Å². The number of aliphatic imine (C=N–C) groups is 1. The van der Waals surface area contributed by atoms with Crippen molar-refractivity contribution in [2.45, 2.75) is 51.4 Å². The van der Waals surface area contributed by atoms with Gasteiger partial charge in [-0.25, -0.2) is 0 Å². The molecule has 19 heavy (non-hydrogen) atoms. The number of piperidine rings is 1. The van der Waals surface area contributed by atoms with Crippen LogP contribution < -0.4 is 5.32 Å². The summed E-state index contributed by atoms with van der Waals surface area (Å²) >= 11 is 0. The number of carbonyl (C=O) groups is 1. The van der Waals surface area contributed by atoms with Gasteiger partial charge in [0.1, 0.15) is 6.23 Å². The van der Waals surface area contributed by atoms with Crippen molar-refractivity contribution in [1.29, 1.82) is 0 Å². The van der Waals surface area contributed by atoms with E-state index in [1.807, 2.05) is 6.21 Å². The predicted octanol–water partition coefficient (Wildman–Crippen LogP) is 1.18. The number of rotatable bonds is 5. The second-order valence-corrected chi connectivity index (χ2v) is 5.38. The fourth-order valence-electron chi connectivity index (χ4n) is 2.63. The largest absolute Gasteiger partial charge is 0.355 e. The summed E-state index contributed by atoms with van der Waals surface area (Å²) < 4.78 is 6.03. The van der Waals surface area contributed by atoms with Gasteiger partial charge in [-0.15, -0.1) is 0 Å². The number of likely N-dealkylation sites (tertiary alicyclic amines) is 1. The number of amides is 1. The molecule has 0 spiro atoms. The molecule has 1 N–H and O–H groups in total. The maximum Gasteiger partial charge on any atom is 0.216 e. The molecule has 0 aliphatic carbocycles. The molecule has 5 heteroatoms. The van der Waals surface area contributed by atoms with Gasteiger partial charge in [-0.05, 0) is 32.1 Å². The van der Waals surface area contributed by atoms with Gasteiger partial charge in [0.05, 0.1) is 6.10 Å². The molecule has 2 rings (SSSR count). The molecule has 1 saturated heterocycles. The maximum atomic E-state index is 10.8.